The number of hydrogen-bond acceptors (Lipinski definition) is 4. The maximum atomic E-state index is 14.3. The van der Waals surface area contributed by atoms with Crippen molar-refractivity contribution in [1.82, 2.24) is 21.1 Å². The first-order chi connectivity index (χ1) is 13.2. The Balaban J connectivity index is 2.28. The zero-order chi connectivity index (χ0) is 20.9. The zero-order valence-electron chi connectivity index (χ0n) is 16.2. The molecule has 1 atom stereocenters. The maximum Gasteiger partial charge on any atom is 0.322 e. The number of carbonyl (C=O) groups excluding carboxylic acids is 1. The molecule has 1 saturated heterocycles. The molecule has 0 aromatic heterocycles. The summed E-state index contributed by atoms with van der Waals surface area (Å²) in [5.74, 6) is -0.262. The summed E-state index contributed by atoms with van der Waals surface area (Å²) in [6.07, 6.45) is -0.127. The standard InChI is InChI=1S/C18H26F3N5O2/c1-11-18(2,3)26(9-8-15(22-4)25-24-11)17(27)23-16-12(20)6-5-7-13(16)28-14(21)10-19/h6,14,24H,1,5,7-10H2,2-4H3,(H,22,25)(H,23,27). The number of nitrogens with one attached hydrogen (secondary N) is 3. The van der Waals surface area contributed by atoms with Crippen LogP contribution >= 0.6 is 0 Å². The van der Waals surface area contributed by atoms with E-state index in [9.17, 15) is 18.0 Å². The normalized spacial score (nSPS) is 22.5. The molecular weight excluding hydrogens is 375 g/mol. The molecule has 10 heteroatoms. The quantitative estimate of drug-likeness (QED) is 0.677. The van der Waals surface area contributed by atoms with Crippen molar-refractivity contribution >= 4 is 11.9 Å². The second-order valence-corrected chi connectivity index (χ2v) is 6.86. The molecular formula is C18H26F3N5O2. The molecule has 7 nitrogen and oxygen atoms in total. The summed E-state index contributed by atoms with van der Waals surface area (Å²) in [6.45, 7) is 6.38. The van der Waals surface area contributed by atoms with Gasteiger partial charge in [-0.1, -0.05) is 6.58 Å². The molecule has 156 valence electrons. The average molecular weight is 401 g/mol. The number of nitrogens with zero attached hydrogens (tertiary/aromatic N) is 2. The van der Waals surface area contributed by atoms with Crippen molar-refractivity contribution in [1.29, 1.82) is 0 Å². The third-order valence-electron chi connectivity index (χ3n) is 4.69. The second kappa shape index (κ2) is 9.03. The molecule has 1 aliphatic heterocycles. The summed E-state index contributed by atoms with van der Waals surface area (Å²) in [5, 5.41) is 2.46. The van der Waals surface area contributed by atoms with Gasteiger partial charge in [0.1, 0.15) is 23.1 Å². The number of rotatable bonds is 4. The highest BCUT2D eigenvalue weighted by Gasteiger charge is 2.36. The van der Waals surface area contributed by atoms with Gasteiger partial charge in [-0.3, -0.25) is 10.4 Å². The molecule has 3 N–H and O–H groups in total. The van der Waals surface area contributed by atoms with Crippen LogP contribution in [0.3, 0.4) is 0 Å². The largest absolute Gasteiger partial charge is 0.460 e. The van der Waals surface area contributed by atoms with Gasteiger partial charge in [0, 0.05) is 32.1 Å². The molecule has 0 radical (unpaired) electrons. The third-order valence-corrected chi connectivity index (χ3v) is 4.69. The van der Waals surface area contributed by atoms with Crippen LogP contribution in [0.5, 0.6) is 0 Å². The fourth-order valence-electron chi connectivity index (χ4n) is 2.84. The minimum absolute atomic E-state index is 0.127. The Kier molecular flexibility index (Phi) is 6.98. The lowest BCUT2D eigenvalue weighted by Crippen LogP contribution is -2.59. The molecule has 0 aromatic rings. The molecule has 28 heavy (non-hydrogen) atoms. The number of ether oxygens (including phenoxy) is 1. The van der Waals surface area contributed by atoms with Crippen molar-refractivity contribution in [2.75, 3.05) is 20.3 Å². The van der Waals surface area contributed by atoms with Crippen molar-refractivity contribution in [3.8, 4) is 0 Å². The van der Waals surface area contributed by atoms with Crippen LogP contribution in [0.4, 0.5) is 18.0 Å². The Morgan fingerprint density at radius 3 is 2.82 bits per heavy atom. The van der Waals surface area contributed by atoms with E-state index in [1.807, 2.05) is 0 Å². The van der Waals surface area contributed by atoms with Crippen LogP contribution in [-0.2, 0) is 4.74 Å². The number of amidine groups is 1. The van der Waals surface area contributed by atoms with E-state index in [-0.39, 0.29) is 30.8 Å². The fourth-order valence-corrected chi connectivity index (χ4v) is 2.84. The SMILES string of the molecule is C=C1NNC(=NC)CCN(C(=O)NC2=C(OC(F)CF)CCC=C2F)C1(C)C. The van der Waals surface area contributed by atoms with Crippen LogP contribution in [0.2, 0.25) is 0 Å². The predicted octanol–water partition coefficient (Wildman–Crippen LogP) is 2.96. The number of amides is 2. The number of halogens is 3. The lowest BCUT2D eigenvalue weighted by molar-refractivity contribution is -0.0173. The topological polar surface area (TPSA) is 78.0 Å². The summed E-state index contributed by atoms with van der Waals surface area (Å²) >= 11 is 0. The Morgan fingerprint density at radius 2 is 2.18 bits per heavy atom. The number of hydrogen-bond donors (Lipinski definition) is 3. The average Bonchev–Trinajstić information content (AvgIpc) is 2.65. The molecule has 1 fully saturated rings. The molecule has 2 amide bonds. The Bertz CT molecular complexity index is 718. The van der Waals surface area contributed by atoms with Gasteiger partial charge in [-0.25, -0.2) is 13.6 Å². The monoisotopic (exact) mass is 401 g/mol. The summed E-state index contributed by atoms with van der Waals surface area (Å²) in [5.41, 5.74) is 5.20. The molecule has 2 aliphatic rings. The highest BCUT2D eigenvalue weighted by molar-refractivity contribution is 5.84. The van der Waals surface area contributed by atoms with Gasteiger partial charge in [-0.2, -0.15) is 4.39 Å². The molecule has 0 spiro atoms. The summed E-state index contributed by atoms with van der Waals surface area (Å²) < 4.78 is 44.9. The van der Waals surface area contributed by atoms with E-state index in [4.69, 9.17) is 4.74 Å². The molecule has 0 aromatic carbocycles. The number of urea groups is 1. The minimum atomic E-state index is -2.22. The van der Waals surface area contributed by atoms with Crippen LogP contribution in [0.1, 0.15) is 33.1 Å². The van der Waals surface area contributed by atoms with Crippen molar-refractivity contribution in [3.63, 3.8) is 0 Å². The third kappa shape index (κ3) is 4.79. The van der Waals surface area contributed by atoms with E-state index in [1.165, 1.54) is 11.0 Å². The predicted molar refractivity (Wildman–Crippen MR) is 100 cm³/mol. The first kappa shape index (κ1) is 21.6. The van der Waals surface area contributed by atoms with E-state index in [0.29, 0.717) is 18.0 Å². The lowest BCUT2D eigenvalue weighted by Gasteiger charge is -2.42. The molecule has 1 aliphatic carbocycles. The van der Waals surface area contributed by atoms with Crippen LogP contribution in [0.25, 0.3) is 0 Å². The van der Waals surface area contributed by atoms with Crippen LogP contribution < -0.4 is 16.2 Å². The number of carbonyl (C=O) groups is 1. The van der Waals surface area contributed by atoms with Crippen molar-refractivity contribution in [3.05, 3.63) is 35.6 Å². The molecule has 1 heterocycles. The van der Waals surface area contributed by atoms with Gasteiger partial charge in [-0.05, 0) is 26.3 Å². The summed E-state index contributed by atoms with van der Waals surface area (Å²) in [7, 11) is 1.61. The van der Waals surface area contributed by atoms with Crippen LogP contribution in [-0.4, -0.2) is 48.9 Å². The van der Waals surface area contributed by atoms with E-state index in [0.717, 1.165) is 0 Å². The Morgan fingerprint density at radius 1 is 1.46 bits per heavy atom. The number of hydrazine groups is 1. The van der Waals surface area contributed by atoms with E-state index >= 15 is 0 Å². The maximum absolute atomic E-state index is 14.3. The Hall–Kier alpha value is -2.65. The Labute approximate surface area is 162 Å². The summed E-state index contributed by atoms with van der Waals surface area (Å²) in [4.78, 5) is 18.5. The second-order valence-electron chi connectivity index (χ2n) is 6.86. The van der Waals surface area contributed by atoms with Gasteiger partial charge in [0.05, 0.1) is 5.54 Å². The molecule has 2 rings (SSSR count). The lowest BCUT2D eigenvalue weighted by atomic mass is 9.98. The van der Waals surface area contributed by atoms with Crippen LogP contribution in [0.15, 0.2) is 40.6 Å². The smallest absolute Gasteiger partial charge is 0.322 e. The molecule has 1 unspecified atom stereocenters. The number of aliphatic imine (C=N–C) groups is 1. The van der Waals surface area contributed by atoms with E-state index in [1.54, 1.807) is 20.9 Å². The first-order valence-electron chi connectivity index (χ1n) is 8.92. The van der Waals surface area contributed by atoms with Gasteiger partial charge in [0.25, 0.3) is 6.36 Å². The number of allylic oxidation sites excluding steroid dienone is 3. The first-order valence-corrected chi connectivity index (χ1v) is 8.92. The van der Waals surface area contributed by atoms with Gasteiger partial charge < -0.3 is 20.4 Å². The van der Waals surface area contributed by atoms with Crippen LogP contribution in [0, 0.1) is 0 Å². The zero-order valence-corrected chi connectivity index (χ0v) is 16.2. The molecule has 0 bridgehead atoms. The number of alkyl halides is 2. The summed E-state index contributed by atoms with van der Waals surface area (Å²) in [6, 6.07) is -0.623. The van der Waals surface area contributed by atoms with Gasteiger partial charge in [0.15, 0.2) is 6.67 Å². The highest BCUT2D eigenvalue weighted by atomic mass is 19.2. The van der Waals surface area contributed by atoms with E-state index < -0.39 is 30.4 Å². The van der Waals surface area contributed by atoms with Crippen molar-refractivity contribution < 1.29 is 22.7 Å². The van der Waals surface area contributed by atoms with E-state index in [2.05, 4.69) is 27.7 Å². The van der Waals surface area contributed by atoms with Gasteiger partial charge in [0.2, 0.25) is 0 Å². The van der Waals surface area contributed by atoms with Gasteiger partial charge in [-0.15, -0.1) is 0 Å². The minimum Gasteiger partial charge on any atom is -0.460 e. The highest BCUT2D eigenvalue weighted by Crippen LogP contribution is 2.28. The van der Waals surface area contributed by atoms with Crippen molar-refractivity contribution in [2.45, 2.75) is 45.0 Å². The molecule has 0 saturated carbocycles. The fraction of sp³-hybridized carbons (Fsp3) is 0.556. The van der Waals surface area contributed by atoms with Gasteiger partial charge >= 0.3 is 6.03 Å². The van der Waals surface area contributed by atoms with Crippen molar-refractivity contribution in [2.24, 2.45) is 4.99 Å².